The summed E-state index contributed by atoms with van der Waals surface area (Å²) in [7, 11) is -3.65. The van der Waals surface area contributed by atoms with E-state index in [9.17, 15) is 8.42 Å². The average molecular weight is 559 g/mol. The van der Waals surface area contributed by atoms with Gasteiger partial charge in [0, 0.05) is 30.1 Å². The number of para-hydroxylation sites is 1. The van der Waals surface area contributed by atoms with Crippen LogP contribution in [0.5, 0.6) is 0 Å². The molecule has 3 aromatic rings. The predicted molar refractivity (Wildman–Crippen MR) is 155 cm³/mol. The van der Waals surface area contributed by atoms with Crippen LogP contribution >= 0.6 is 22.7 Å². The molecular formula is C28H38N4O2S3. The third-order valence-corrected chi connectivity index (χ3v) is 12.1. The molecule has 1 saturated heterocycles. The fraction of sp³-hybridized carbons (Fsp3) is 0.536. The zero-order valence-corrected chi connectivity index (χ0v) is 24.8. The Labute approximate surface area is 229 Å². The van der Waals surface area contributed by atoms with E-state index in [1.54, 1.807) is 27.8 Å². The van der Waals surface area contributed by atoms with E-state index in [0.717, 1.165) is 48.2 Å². The third kappa shape index (κ3) is 5.46. The summed E-state index contributed by atoms with van der Waals surface area (Å²) in [5, 5.41) is 6.52. The summed E-state index contributed by atoms with van der Waals surface area (Å²) in [4.78, 5) is 8.66. The summed E-state index contributed by atoms with van der Waals surface area (Å²) >= 11 is 3.04. The maximum Gasteiger partial charge on any atom is 0.274 e. The molecular weight excluding hydrogens is 521 g/mol. The molecule has 0 spiro atoms. The fourth-order valence-corrected chi connectivity index (χ4v) is 9.39. The van der Waals surface area contributed by atoms with Gasteiger partial charge in [0.2, 0.25) is 0 Å². The minimum absolute atomic E-state index is 0.0555. The molecule has 0 aliphatic carbocycles. The molecule has 1 N–H and O–H groups in total. The number of nitrogens with zero attached hydrogens (tertiary/aromatic N) is 3. The zero-order valence-electron chi connectivity index (χ0n) is 22.4. The highest BCUT2D eigenvalue weighted by atomic mass is 32.2. The monoisotopic (exact) mass is 558 g/mol. The Bertz CT molecular complexity index is 1320. The van der Waals surface area contributed by atoms with Crippen molar-refractivity contribution >= 4 is 44.1 Å². The van der Waals surface area contributed by atoms with Crippen LogP contribution in [0.1, 0.15) is 69.0 Å². The number of fused-ring (bicyclic) bond motifs is 1. The van der Waals surface area contributed by atoms with Gasteiger partial charge in [-0.15, -0.1) is 22.7 Å². The first-order valence-electron chi connectivity index (χ1n) is 13.2. The summed E-state index contributed by atoms with van der Waals surface area (Å²) in [6, 6.07) is 9.27. The second-order valence-electron chi connectivity index (χ2n) is 11.6. The second-order valence-corrected chi connectivity index (χ2v) is 15.8. The SMILES string of the molecule is CC(C)N(c1cccc2c1NC(c1ncc(CN3CCC(C(C)(C)C)CC3)s1)C2)S(=O)(=O)c1cccs1. The molecule has 37 heavy (non-hydrogen) atoms. The number of anilines is 2. The van der Waals surface area contributed by atoms with Crippen molar-refractivity contribution in [3.63, 3.8) is 0 Å². The quantitative estimate of drug-likeness (QED) is 0.346. The number of hydrogen-bond acceptors (Lipinski definition) is 7. The Morgan fingerprint density at radius 1 is 1.16 bits per heavy atom. The highest BCUT2D eigenvalue weighted by Gasteiger charge is 2.34. The van der Waals surface area contributed by atoms with Crippen molar-refractivity contribution in [3.8, 4) is 0 Å². The van der Waals surface area contributed by atoms with E-state index in [0.29, 0.717) is 15.3 Å². The van der Waals surface area contributed by atoms with E-state index in [2.05, 4.69) is 37.1 Å². The molecule has 9 heteroatoms. The van der Waals surface area contributed by atoms with Gasteiger partial charge in [0.15, 0.2) is 0 Å². The molecule has 1 fully saturated rings. The van der Waals surface area contributed by atoms with E-state index in [-0.39, 0.29) is 12.1 Å². The summed E-state index contributed by atoms with van der Waals surface area (Å²) in [6.07, 6.45) is 5.36. The number of aromatic nitrogens is 1. The van der Waals surface area contributed by atoms with Crippen molar-refractivity contribution in [2.24, 2.45) is 11.3 Å². The van der Waals surface area contributed by atoms with Gasteiger partial charge in [-0.25, -0.2) is 13.4 Å². The molecule has 0 radical (unpaired) electrons. The summed E-state index contributed by atoms with van der Waals surface area (Å²) < 4.78 is 29.0. The van der Waals surface area contributed by atoms with E-state index in [4.69, 9.17) is 4.98 Å². The number of likely N-dealkylation sites (tertiary alicyclic amines) is 1. The van der Waals surface area contributed by atoms with Crippen molar-refractivity contribution < 1.29 is 8.42 Å². The topological polar surface area (TPSA) is 65.5 Å². The molecule has 200 valence electrons. The lowest BCUT2D eigenvalue weighted by Gasteiger charge is -2.38. The van der Waals surface area contributed by atoms with Crippen LogP contribution in [0.15, 0.2) is 46.1 Å². The van der Waals surface area contributed by atoms with Crippen molar-refractivity contribution in [3.05, 3.63) is 57.4 Å². The van der Waals surface area contributed by atoms with Crippen LogP contribution in [0.2, 0.25) is 0 Å². The van der Waals surface area contributed by atoms with Crippen LogP contribution in [0.25, 0.3) is 0 Å². The van der Waals surface area contributed by atoms with Crippen molar-refractivity contribution in [2.45, 2.75) is 76.7 Å². The van der Waals surface area contributed by atoms with E-state index in [1.807, 2.05) is 37.6 Å². The van der Waals surface area contributed by atoms with Crippen LogP contribution in [-0.2, 0) is 23.0 Å². The molecule has 5 rings (SSSR count). The first kappa shape index (κ1) is 26.7. The molecule has 4 heterocycles. The van der Waals surface area contributed by atoms with Gasteiger partial charge in [-0.1, -0.05) is 39.0 Å². The van der Waals surface area contributed by atoms with Crippen molar-refractivity contribution in [2.75, 3.05) is 22.7 Å². The highest BCUT2D eigenvalue weighted by Crippen LogP contribution is 2.44. The Balaban J connectivity index is 1.31. The molecule has 1 unspecified atom stereocenters. The largest absolute Gasteiger partial charge is 0.374 e. The molecule has 1 atom stereocenters. The lowest BCUT2D eigenvalue weighted by Crippen LogP contribution is -2.37. The van der Waals surface area contributed by atoms with Crippen LogP contribution < -0.4 is 9.62 Å². The molecule has 2 aliphatic heterocycles. The molecule has 0 saturated carbocycles. The maximum atomic E-state index is 13.5. The van der Waals surface area contributed by atoms with Crippen LogP contribution in [0, 0.1) is 11.3 Å². The number of piperidine rings is 1. The molecule has 1 aromatic carbocycles. The van der Waals surface area contributed by atoms with E-state index >= 15 is 0 Å². The van der Waals surface area contributed by atoms with Gasteiger partial charge in [-0.3, -0.25) is 9.21 Å². The minimum atomic E-state index is -3.65. The van der Waals surface area contributed by atoms with Crippen LogP contribution in [0.3, 0.4) is 0 Å². The van der Waals surface area contributed by atoms with E-state index < -0.39 is 10.0 Å². The van der Waals surface area contributed by atoms with E-state index in [1.165, 1.54) is 29.1 Å². The van der Waals surface area contributed by atoms with Gasteiger partial charge in [0.05, 0.1) is 17.4 Å². The lowest BCUT2D eigenvalue weighted by molar-refractivity contribution is 0.108. The molecule has 2 aliphatic rings. The zero-order chi connectivity index (χ0) is 26.4. The lowest BCUT2D eigenvalue weighted by atomic mass is 9.75. The van der Waals surface area contributed by atoms with Gasteiger partial charge in [-0.2, -0.15) is 0 Å². The number of hydrogen-bond donors (Lipinski definition) is 1. The summed E-state index contributed by atoms with van der Waals surface area (Å²) in [5.74, 6) is 0.796. The third-order valence-electron chi connectivity index (χ3n) is 7.65. The number of thiophene rings is 1. The first-order valence-corrected chi connectivity index (χ1v) is 16.3. The smallest absolute Gasteiger partial charge is 0.274 e. The Hall–Kier alpha value is -1.94. The predicted octanol–water partition coefficient (Wildman–Crippen LogP) is 6.78. The molecule has 2 aromatic heterocycles. The van der Waals surface area contributed by atoms with Gasteiger partial charge in [-0.05, 0) is 74.2 Å². The van der Waals surface area contributed by atoms with Crippen molar-refractivity contribution in [1.82, 2.24) is 9.88 Å². The maximum absolute atomic E-state index is 13.5. The Morgan fingerprint density at radius 2 is 1.92 bits per heavy atom. The second kappa shape index (κ2) is 10.3. The van der Waals surface area contributed by atoms with Crippen LogP contribution in [-0.4, -0.2) is 37.4 Å². The fourth-order valence-electron chi connectivity index (χ4n) is 5.63. The number of thiazole rings is 1. The van der Waals surface area contributed by atoms with Gasteiger partial charge in [0.1, 0.15) is 9.22 Å². The number of nitrogens with one attached hydrogen (secondary N) is 1. The van der Waals surface area contributed by atoms with Gasteiger partial charge >= 0.3 is 0 Å². The number of rotatable bonds is 7. The van der Waals surface area contributed by atoms with Crippen LogP contribution in [0.4, 0.5) is 11.4 Å². The molecule has 6 nitrogen and oxygen atoms in total. The normalized spacial score (nSPS) is 19.2. The molecule has 0 amide bonds. The summed E-state index contributed by atoms with van der Waals surface area (Å²) in [6.45, 7) is 14.2. The van der Waals surface area contributed by atoms with Gasteiger partial charge < -0.3 is 5.32 Å². The highest BCUT2D eigenvalue weighted by molar-refractivity contribution is 7.94. The summed E-state index contributed by atoms with van der Waals surface area (Å²) in [5.41, 5.74) is 3.14. The number of sulfonamides is 1. The average Bonchev–Trinajstić information content (AvgIpc) is 3.59. The first-order chi connectivity index (χ1) is 17.5. The minimum Gasteiger partial charge on any atom is -0.374 e. The van der Waals surface area contributed by atoms with Gasteiger partial charge in [0.25, 0.3) is 10.0 Å². The number of benzene rings is 1. The Kier molecular flexibility index (Phi) is 7.44. The van der Waals surface area contributed by atoms with Crippen molar-refractivity contribution in [1.29, 1.82) is 0 Å². The molecule has 0 bridgehead atoms. The Morgan fingerprint density at radius 3 is 2.57 bits per heavy atom. The standard InChI is InChI=1S/C28H38N4O2S3/c1-19(2)32(37(33,34)25-10-7-15-35-25)24-9-6-8-20-16-23(30-26(20)24)27-29-17-22(36-27)18-31-13-11-21(12-14-31)28(3,4)5/h6-10,15,17,19,21,23,30H,11-14,16,18H2,1-5H3.